The number of hydrogen-bond donors (Lipinski definition) is 3. The van der Waals surface area contributed by atoms with Crippen molar-refractivity contribution in [3.8, 4) is 0 Å². The molecule has 0 amide bonds. The van der Waals surface area contributed by atoms with Crippen LogP contribution in [-0.4, -0.2) is 33.5 Å². The summed E-state index contributed by atoms with van der Waals surface area (Å²) in [5.41, 5.74) is 0. The van der Waals surface area contributed by atoms with E-state index in [0.717, 1.165) is 31.8 Å². The van der Waals surface area contributed by atoms with Gasteiger partial charge in [-0.15, -0.1) is 0 Å². The average Bonchev–Trinajstić information content (AvgIpc) is 2.55. The van der Waals surface area contributed by atoms with Gasteiger partial charge in [0, 0.05) is 6.08 Å². The highest BCUT2D eigenvalue weighted by atomic mass is 16.4. The quantitative estimate of drug-likeness (QED) is 0.235. The summed E-state index contributed by atoms with van der Waals surface area (Å²) >= 11 is 0. The highest BCUT2D eigenvalue weighted by Crippen LogP contribution is 2.13. The van der Waals surface area contributed by atoms with Gasteiger partial charge in [-0.3, -0.25) is 0 Å². The van der Waals surface area contributed by atoms with Crippen LogP contribution in [0, 0.1) is 0 Å². The highest BCUT2D eigenvalue weighted by molar-refractivity contribution is 5.80. The molecule has 4 nitrogen and oxygen atoms in total. The molecule has 138 valence electrons. The van der Waals surface area contributed by atoms with E-state index in [1.807, 2.05) is 12.2 Å². The lowest BCUT2D eigenvalue weighted by Crippen LogP contribution is -2.25. The Bertz CT molecular complexity index is 385. The van der Waals surface area contributed by atoms with Gasteiger partial charge in [0.1, 0.15) is 0 Å². The lowest BCUT2D eigenvalue weighted by atomic mass is 10.0. The van der Waals surface area contributed by atoms with E-state index in [1.54, 1.807) is 12.2 Å². The third-order valence-electron chi connectivity index (χ3n) is 3.88. The van der Waals surface area contributed by atoms with Crippen molar-refractivity contribution in [1.82, 2.24) is 0 Å². The molecule has 0 aromatic rings. The molecule has 0 aliphatic rings. The van der Waals surface area contributed by atoms with Crippen LogP contribution in [-0.2, 0) is 4.79 Å². The van der Waals surface area contributed by atoms with Gasteiger partial charge in [-0.2, -0.15) is 0 Å². The van der Waals surface area contributed by atoms with Gasteiger partial charge in [0.15, 0.2) is 0 Å². The van der Waals surface area contributed by atoms with E-state index in [1.165, 1.54) is 31.8 Å². The standard InChI is InChI=1S/C20H34O4/c1-2-3-4-5-9-12-15-18(21)19(22)16-13-10-7-6-8-11-14-17-20(23)24/h6-8,11,14,17-19,21-22H,2-5,9-10,12-13,15-16H2,1H3,(H,23,24). The molecule has 24 heavy (non-hydrogen) atoms. The van der Waals surface area contributed by atoms with Gasteiger partial charge < -0.3 is 15.3 Å². The molecular formula is C20H34O4. The summed E-state index contributed by atoms with van der Waals surface area (Å²) in [7, 11) is 0. The minimum atomic E-state index is -0.961. The van der Waals surface area contributed by atoms with Crippen molar-refractivity contribution in [2.75, 3.05) is 0 Å². The van der Waals surface area contributed by atoms with Gasteiger partial charge in [-0.1, -0.05) is 75.8 Å². The molecule has 0 heterocycles. The van der Waals surface area contributed by atoms with Gasteiger partial charge in [-0.05, 0) is 25.7 Å². The summed E-state index contributed by atoms with van der Waals surface area (Å²) in [6, 6.07) is 0. The van der Waals surface area contributed by atoms with E-state index in [9.17, 15) is 15.0 Å². The van der Waals surface area contributed by atoms with Gasteiger partial charge >= 0.3 is 5.97 Å². The second-order valence-corrected chi connectivity index (χ2v) is 6.13. The summed E-state index contributed by atoms with van der Waals surface area (Å²) in [6.07, 6.45) is 18.6. The Kier molecular flexibility index (Phi) is 15.5. The fraction of sp³-hybridized carbons (Fsp3) is 0.650. The van der Waals surface area contributed by atoms with E-state index in [2.05, 4.69) is 6.92 Å². The Hall–Kier alpha value is -1.39. The third kappa shape index (κ3) is 15.5. The molecule has 0 saturated carbocycles. The molecule has 0 saturated heterocycles. The Morgan fingerprint density at radius 3 is 2.08 bits per heavy atom. The molecule has 2 unspecified atom stereocenters. The molecule has 0 radical (unpaired) electrons. The molecule has 0 fully saturated rings. The maximum Gasteiger partial charge on any atom is 0.328 e. The molecule has 0 aliphatic carbocycles. The van der Waals surface area contributed by atoms with Crippen molar-refractivity contribution in [3.63, 3.8) is 0 Å². The zero-order valence-corrected chi connectivity index (χ0v) is 14.9. The molecule has 4 heteroatoms. The van der Waals surface area contributed by atoms with E-state index in [4.69, 9.17) is 5.11 Å². The van der Waals surface area contributed by atoms with Crippen LogP contribution in [0.25, 0.3) is 0 Å². The summed E-state index contributed by atoms with van der Waals surface area (Å²) in [5.74, 6) is -0.961. The number of hydrogen-bond acceptors (Lipinski definition) is 3. The maximum atomic E-state index is 10.2. The molecule has 0 spiro atoms. The smallest absolute Gasteiger partial charge is 0.328 e. The highest BCUT2D eigenvalue weighted by Gasteiger charge is 2.14. The first-order valence-electron chi connectivity index (χ1n) is 9.16. The summed E-state index contributed by atoms with van der Waals surface area (Å²) in [5, 5.41) is 28.3. The number of rotatable bonds is 15. The van der Waals surface area contributed by atoms with Crippen molar-refractivity contribution in [2.24, 2.45) is 0 Å². The molecule has 3 N–H and O–H groups in total. The van der Waals surface area contributed by atoms with Crippen LogP contribution < -0.4 is 0 Å². The van der Waals surface area contributed by atoms with Gasteiger partial charge in [0.05, 0.1) is 12.2 Å². The van der Waals surface area contributed by atoms with Crippen molar-refractivity contribution in [2.45, 2.75) is 83.3 Å². The molecule has 2 atom stereocenters. The van der Waals surface area contributed by atoms with Crippen LogP contribution in [0.5, 0.6) is 0 Å². The summed E-state index contributed by atoms with van der Waals surface area (Å²) in [6.45, 7) is 2.20. The Morgan fingerprint density at radius 2 is 1.42 bits per heavy atom. The third-order valence-corrected chi connectivity index (χ3v) is 3.88. The number of unbranched alkanes of at least 4 members (excludes halogenated alkanes) is 6. The Labute approximate surface area is 146 Å². The van der Waals surface area contributed by atoms with Gasteiger partial charge in [-0.25, -0.2) is 4.79 Å². The number of allylic oxidation sites excluding steroid dienone is 5. The van der Waals surface area contributed by atoms with Crippen LogP contribution in [0.2, 0.25) is 0 Å². The molecule has 0 aromatic heterocycles. The fourth-order valence-electron chi connectivity index (χ4n) is 2.40. The monoisotopic (exact) mass is 338 g/mol. The lowest BCUT2D eigenvalue weighted by molar-refractivity contribution is -0.131. The normalized spacial score (nSPS) is 14.8. The summed E-state index contributed by atoms with van der Waals surface area (Å²) in [4.78, 5) is 10.2. The largest absolute Gasteiger partial charge is 0.478 e. The molecule has 0 bridgehead atoms. The number of aliphatic hydroxyl groups excluding tert-OH is 2. The Balaban J connectivity index is 3.62. The minimum Gasteiger partial charge on any atom is -0.478 e. The number of carbonyl (C=O) groups is 1. The number of aliphatic hydroxyl groups is 2. The summed E-state index contributed by atoms with van der Waals surface area (Å²) < 4.78 is 0. The number of aliphatic carboxylic acids is 1. The first-order chi connectivity index (χ1) is 11.6. The second-order valence-electron chi connectivity index (χ2n) is 6.13. The van der Waals surface area contributed by atoms with Crippen molar-refractivity contribution in [1.29, 1.82) is 0 Å². The van der Waals surface area contributed by atoms with Crippen molar-refractivity contribution >= 4 is 5.97 Å². The van der Waals surface area contributed by atoms with E-state index < -0.39 is 18.2 Å². The number of carboxylic acid groups (broad SMARTS) is 1. The SMILES string of the molecule is CCCCCCCCC(O)C(O)CCCC=CC=CC=CC(=O)O. The molecule has 0 rings (SSSR count). The van der Waals surface area contributed by atoms with Crippen LogP contribution in [0.4, 0.5) is 0 Å². The second kappa shape index (κ2) is 16.5. The van der Waals surface area contributed by atoms with Gasteiger partial charge in [0.2, 0.25) is 0 Å². The van der Waals surface area contributed by atoms with Crippen molar-refractivity contribution < 1.29 is 20.1 Å². The lowest BCUT2D eigenvalue weighted by Gasteiger charge is -2.17. The predicted molar refractivity (Wildman–Crippen MR) is 98.9 cm³/mol. The molecule has 0 aromatic carbocycles. The van der Waals surface area contributed by atoms with Gasteiger partial charge in [0.25, 0.3) is 0 Å². The maximum absolute atomic E-state index is 10.2. The van der Waals surface area contributed by atoms with Crippen LogP contribution in [0.15, 0.2) is 36.5 Å². The topological polar surface area (TPSA) is 77.8 Å². The average molecular weight is 338 g/mol. The zero-order valence-electron chi connectivity index (χ0n) is 14.9. The van der Waals surface area contributed by atoms with Crippen LogP contribution in [0.3, 0.4) is 0 Å². The minimum absolute atomic E-state index is 0.601. The fourth-order valence-corrected chi connectivity index (χ4v) is 2.40. The Morgan fingerprint density at radius 1 is 0.833 bits per heavy atom. The van der Waals surface area contributed by atoms with E-state index in [-0.39, 0.29) is 0 Å². The first-order valence-corrected chi connectivity index (χ1v) is 9.16. The predicted octanol–water partition coefficient (Wildman–Crippen LogP) is 4.38. The zero-order chi connectivity index (χ0) is 18.0. The number of carboxylic acids is 1. The first kappa shape index (κ1) is 22.6. The van der Waals surface area contributed by atoms with Crippen LogP contribution >= 0.6 is 0 Å². The van der Waals surface area contributed by atoms with E-state index in [0.29, 0.717) is 12.8 Å². The molecule has 0 aliphatic heterocycles. The van der Waals surface area contributed by atoms with E-state index >= 15 is 0 Å². The van der Waals surface area contributed by atoms with Crippen molar-refractivity contribution in [3.05, 3.63) is 36.5 Å². The van der Waals surface area contributed by atoms with Crippen LogP contribution in [0.1, 0.15) is 71.1 Å². The molecular weight excluding hydrogens is 304 g/mol.